The van der Waals surface area contributed by atoms with Gasteiger partial charge in [-0.2, -0.15) is 8.42 Å². The molecule has 0 unspecified atom stereocenters. The maximum absolute atomic E-state index is 12.5. The average Bonchev–Trinajstić information content (AvgIpc) is 2.90. The van der Waals surface area contributed by atoms with Gasteiger partial charge >= 0.3 is 29.6 Å². The molecule has 2 N–H and O–H groups in total. The summed E-state index contributed by atoms with van der Waals surface area (Å²) in [4.78, 5) is 24.3. The van der Waals surface area contributed by atoms with E-state index in [1.54, 1.807) is 24.3 Å². The van der Waals surface area contributed by atoms with Crippen LogP contribution in [0.4, 0.5) is 5.69 Å². The van der Waals surface area contributed by atoms with Crippen molar-refractivity contribution in [3.63, 3.8) is 0 Å². The fourth-order valence-corrected chi connectivity index (χ4v) is 4.94. The quantitative estimate of drug-likeness (QED) is 0.0523. The average molecular weight is 584 g/mol. The molecule has 0 aliphatic carbocycles. The van der Waals surface area contributed by atoms with Crippen LogP contribution in [0.3, 0.4) is 0 Å². The second-order valence-corrected chi connectivity index (χ2v) is 11.5. The number of amides is 1. The number of anilines is 1. The number of nitrogens with one attached hydrogen (secondary N) is 1. The van der Waals surface area contributed by atoms with Crippen molar-refractivity contribution >= 4 is 57.1 Å². The Morgan fingerprint density at radius 1 is 0.775 bits per heavy atom. The Labute approximate surface area is 262 Å². The topological polar surface area (TPSA) is 110 Å². The minimum atomic E-state index is -4.38. The van der Waals surface area contributed by atoms with E-state index < -0.39 is 22.4 Å². The fourth-order valence-electron chi connectivity index (χ4n) is 4.41. The zero-order chi connectivity index (χ0) is 28.3. The van der Waals surface area contributed by atoms with Gasteiger partial charge in [-0.1, -0.05) is 96.5 Å². The van der Waals surface area contributed by atoms with Crippen LogP contribution in [0.5, 0.6) is 5.75 Å². The molecule has 0 fully saturated rings. The molecular weight excluding hydrogens is 537 g/mol. The summed E-state index contributed by atoms with van der Waals surface area (Å²) < 4.78 is 37.4. The molecule has 0 heterocycles. The van der Waals surface area contributed by atoms with Crippen LogP contribution in [0.2, 0.25) is 0 Å². The Kier molecular flexibility index (Phi) is 19.1. The van der Waals surface area contributed by atoms with E-state index in [9.17, 15) is 18.0 Å². The van der Waals surface area contributed by atoms with E-state index in [0.717, 1.165) is 18.9 Å². The fraction of sp³-hybridized carbons (Fsp3) is 0.548. The molecule has 0 aromatic heterocycles. The molecule has 2 aromatic rings. The van der Waals surface area contributed by atoms with Gasteiger partial charge in [-0.15, -0.1) is 0 Å². The molecular formula is C31H46NNaO6S. The van der Waals surface area contributed by atoms with Crippen molar-refractivity contribution in [2.24, 2.45) is 0 Å². The first-order valence-electron chi connectivity index (χ1n) is 14.4. The Morgan fingerprint density at radius 3 is 1.82 bits per heavy atom. The summed E-state index contributed by atoms with van der Waals surface area (Å²) in [5.41, 5.74) is 0.566. The molecule has 1 amide bonds. The van der Waals surface area contributed by atoms with Crippen molar-refractivity contribution in [2.45, 2.75) is 108 Å². The second-order valence-electron chi connectivity index (χ2n) is 10.1. The molecule has 0 spiro atoms. The van der Waals surface area contributed by atoms with Crippen LogP contribution < -0.4 is 10.1 Å². The van der Waals surface area contributed by atoms with E-state index in [-0.39, 0.29) is 45.9 Å². The van der Waals surface area contributed by atoms with Crippen molar-refractivity contribution < 1.29 is 27.3 Å². The van der Waals surface area contributed by atoms with Crippen molar-refractivity contribution in [1.29, 1.82) is 0 Å². The monoisotopic (exact) mass is 583 g/mol. The van der Waals surface area contributed by atoms with Gasteiger partial charge in [-0.3, -0.25) is 14.1 Å². The first-order chi connectivity index (χ1) is 18.8. The standard InChI is InChI=1S/C31H45NO6S.Na.H/c1-2-3-4-5-6-7-8-9-10-11-12-13-14-15-23-38-28-21-19-26(20-22-28)30(33)25-31(34)32-27-17-16-18-29(24-27)39(35,36)37;;/h16-22,24H,2-15,23,25H2,1H3,(H,32,34)(H,35,36,37);;. The first-order valence-corrected chi connectivity index (χ1v) is 15.9. The first kappa shape index (κ1) is 36.3. The van der Waals surface area contributed by atoms with Gasteiger partial charge in [0.1, 0.15) is 5.75 Å². The van der Waals surface area contributed by atoms with E-state index in [0.29, 0.717) is 17.9 Å². The Hall–Kier alpha value is -1.71. The SMILES string of the molecule is CCCCCCCCCCCCCCCCOc1ccc(C(=O)CC(=O)Nc2cccc(S(=O)(=O)O)c2)cc1.[NaH]. The number of ketones is 1. The number of rotatable bonds is 21. The van der Waals surface area contributed by atoms with Crippen LogP contribution in [0, 0.1) is 0 Å². The molecule has 0 aliphatic heterocycles. The third-order valence-corrected chi connectivity index (χ3v) is 7.53. The molecule has 2 aromatic carbocycles. The van der Waals surface area contributed by atoms with Crippen molar-refractivity contribution in [2.75, 3.05) is 11.9 Å². The number of carbonyl (C=O) groups is 2. The van der Waals surface area contributed by atoms with Gasteiger partial charge in [0.25, 0.3) is 10.1 Å². The van der Waals surface area contributed by atoms with Crippen LogP contribution in [-0.4, -0.2) is 60.8 Å². The van der Waals surface area contributed by atoms with Crippen molar-refractivity contribution in [3.8, 4) is 5.75 Å². The van der Waals surface area contributed by atoms with Crippen LogP contribution in [0.15, 0.2) is 53.4 Å². The summed E-state index contributed by atoms with van der Waals surface area (Å²) in [6, 6.07) is 11.9. The number of unbranched alkanes of at least 4 members (excludes halogenated alkanes) is 13. The van der Waals surface area contributed by atoms with Gasteiger partial charge in [-0.05, 0) is 48.9 Å². The van der Waals surface area contributed by atoms with E-state index in [4.69, 9.17) is 9.29 Å². The normalized spacial score (nSPS) is 11.1. The minimum absolute atomic E-state index is 0. The molecule has 0 aliphatic rings. The van der Waals surface area contributed by atoms with Crippen molar-refractivity contribution in [3.05, 3.63) is 54.1 Å². The molecule has 9 heteroatoms. The Bertz CT molecular complexity index is 1110. The number of ether oxygens (including phenoxy) is 1. The number of carbonyl (C=O) groups excluding carboxylic acids is 2. The van der Waals surface area contributed by atoms with Gasteiger partial charge in [0.15, 0.2) is 5.78 Å². The van der Waals surface area contributed by atoms with Gasteiger partial charge < -0.3 is 10.1 Å². The summed E-state index contributed by atoms with van der Waals surface area (Å²) in [5.74, 6) is -0.254. The predicted octanol–water partition coefficient (Wildman–Crippen LogP) is 7.36. The van der Waals surface area contributed by atoms with Crippen LogP contribution in [0.1, 0.15) is 114 Å². The molecule has 2 rings (SSSR count). The molecule has 40 heavy (non-hydrogen) atoms. The van der Waals surface area contributed by atoms with E-state index >= 15 is 0 Å². The number of hydrogen-bond acceptors (Lipinski definition) is 5. The molecule has 0 atom stereocenters. The van der Waals surface area contributed by atoms with Crippen LogP contribution >= 0.6 is 0 Å². The van der Waals surface area contributed by atoms with E-state index in [1.807, 2.05) is 0 Å². The van der Waals surface area contributed by atoms with Crippen LogP contribution in [0.25, 0.3) is 0 Å². The van der Waals surface area contributed by atoms with Gasteiger partial charge in [0, 0.05) is 11.3 Å². The maximum atomic E-state index is 12.5. The Balaban J connectivity index is 0.00000800. The van der Waals surface area contributed by atoms with Gasteiger partial charge in [0.2, 0.25) is 5.91 Å². The number of hydrogen-bond donors (Lipinski definition) is 2. The zero-order valence-corrected chi connectivity index (χ0v) is 24.1. The Morgan fingerprint density at radius 2 is 1.30 bits per heavy atom. The van der Waals surface area contributed by atoms with E-state index in [2.05, 4.69) is 12.2 Å². The third-order valence-electron chi connectivity index (χ3n) is 6.68. The van der Waals surface area contributed by atoms with Gasteiger partial charge in [0.05, 0.1) is 17.9 Å². The zero-order valence-electron chi connectivity index (χ0n) is 23.3. The molecule has 7 nitrogen and oxygen atoms in total. The van der Waals surface area contributed by atoms with E-state index in [1.165, 1.54) is 95.2 Å². The van der Waals surface area contributed by atoms with Crippen molar-refractivity contribution in [1.82, 2.24) is 0 Å². The predicted molar refractivity (Wildman–Crippen MR) is 163 cm³/mol. The molecule has 0 bridgehead atoms. The molecule has 218 valence electrons. The second kappa shape index (κ2) is 21.1. The van der Waals surface area contributed by atoms with Crippen LogP contribution in [-0.2, 0) is 14.9 Å². The summed E-state index contributed by atoms with van der Waals surface area (Å²) in [7, 11) is -4.38. The molecule has 0 saturated heterocycles. The number of benzene rings is 2. The summed E-state index contributed by atoms with van der Waals surface area (Å²) in [6.07, 6.45) is 18.0. The summed E-state index contributed by atoms with van der Waals surface area (Å²) in [6.45, 7) is 2.89. The molecule has 0 radical (unpaired) electrons. The summed E-state index contributed by atoms with van der Waals surface area (Å²) in [5, 5.41) is 2.48. The third kappa shape index (κ3) is 15.9. The van der Waals surface area contributed by atoms with Gasteiger partial charge in [-0.25, -0.2) is 0 Å². The molecule has 0 saturated carbocycles. The number of Topliss-reactive ketones (excluding diaryl/α,β-unsaturated/α-hetero) is 1. The summed E-state index contributed by atoms with van der Waals surface area (Å²) >= 11 is 0.